The highest BCUT2D eigenvalue weighted by atomic mass is 16.6. The van der Waals surface area contributed by atoms with E-state index in [4.69, 9.17) is 30.3 Å². The number of aromatic hydroxyl groups is 1. The van der Waals surface area contributed by atoms with Crippen molar-refractivity contribution in [1.82, 2.24) is 16.0 Å². The van der Waals surface area contributed by atoms with E-state index < -0.39 is 40.7 Å². The molecule has 2 atom stereocenters. The molecule has 0 heterocycles. The van der Waals surface area contributed by atoms with Gasteiger partial charge in [0.05, 0.1) is 12.0 Å². The van der Waals surface area contributed by atoms with Gasteiger partial charge in [-0.2, -0.15) is 0 Å². The van der Waals surface area contributed by atoms with E-state index in [-0.39, 0.29) is 35.3 Å². The Bertz CT molecular complexity index is 2040. The second kappa shape index (κ2) is 32.4. The van der Waals surface area contributed by atoms with Crippen LogP contribution in [-0.4, -0.2) is 86.0 Å². The lowest BCUT2D eigenvalue weighted by Gasteiger charge is -2.05. The minimum Gasteiger partial charge on any atom is -0.507 e. The Kier molecular flexibility index (Phi) is 27.8. The molecule has 0 saturated heterocycles. The van der Waals surface area contributed by atoms with Crippen molar-refractivity contribution < 1.29 is 64.0 Å². The number of methoxy groups -OCH3 is 1. The molecule has 0 bridgehead atoms. The Balaban J connectivity index is 0.000000437. The van der Waals surface area contributed by atoms with Gasteiger partial charge < -0.3 is 46.2 Å². The normalized spacial score (nSPS) is 13.5. The monoisotopic (exact) mass is 906 g/mol. The Hall–Kier alpha value is -7.24. The summed E-state index contributed by atoms with van der Waals surface area (Å²) >= 11 is 0. The first-order valence-electron chi connectivity index (χ1n) is 21.3. The number of carbonyl (C=O) groups is 6. The molecule has 1 aliphatic rings. The van der Waals surface area contributed by atoms with E-state index in [1.54, 1.807) is 6.08 Å². The predicted octanol–water partition coefficient (Wildman–Crippen LogP) is 8.51. The highest BCUT2D eigenvalue weighted by Gasteiger charge is 2.39. The summed E-state index contributed by atoms with van der Waals surface area (Å²) in [5, 5.41) is 61.0. The molecule has 3 amide bonds. The topological polar surface area (TPSA) is 292 Å². The van der Waals surface area contributed by atoms with Crippen molar-refractivity contribution in [2.75, 3.05) is 13.7 Å². The average molecular weight is 907 g/mol. The number of carboxylic acids is 4. The molecule has 2 unspecified atom stereocenters. The van der Waals surface area contributed by atoms with Crippen LogP contribution in [0.3, 0.4) is 0 Å². The molecule has 18 heteroatoms. The molecular formula is C47H62N4O14. The molecule has 0 aliphatic heterocycles. The van der Waals surface area contributed by atoms with Crippen LogP contribution in [0.25, 0.3) is 6.08 Å². The second-order valence-electron chi connectivity index (χ2n) is 14.7. The Labute approximate surface area is 378 Å². The smallest absolute Gasteiger partial charge is 0.352 e. The predicted molar refractivity (Wildman–Crippen MR) is 244 cm³/mol. The van der Waals surface area contributed by atoms with Crippen LogP contribution in [0.15, 0.2) is 90.6 Å². The Morgan fingerprint density at radius 3 is 1.94 bits per heavy atom. The molecule has 0 radical (unpaired) electrons. The number of non-ortho nitro benzene ring substituents is 1. The fourth-order valence-electron chi connectivity index (χ4n) is 5.96. The molecular weight excluding hydrogens is 845 g/mol. The summed E-state index contributed by atoms with van der Waals surface area (Å²) in [7, 11) is 1.44. The molecule has 354 valence electrons. The van der Waals surface area contributed by atoms with Gasteiger partial charge in [0, 0.05) is 43.2 Å². The number of benzene rings is 3. The maximum absolute atomic E-state index is 11.3. The number of allylic oxidation sites excluding steroid dienone is 1. The summed E-state index contributed by atoms with van der Waals surface area (Å²) in [5.41, 5.74) is 0.890. The number of nitro groups is 1. The molecule has 1 aliphatic carbocycles. The van der Waals surface area contributed by atoms with E-state index in [9.17, 15) is 38.9 Å². The molecule has 1 saturated carbocycles. The molecule has 3 aromatic rings. The number of carbonyl (C=O) groups excluding carboxylic acids is 2. The van der Waals surface area contributed by atoms with Gasteiger partial charge in [-0.25, -0.2) is 19.2 Å². The molecule has 0 spiro atoms. The van der Waals surface area contributed by atoms with Crippen LogP contribution in [0.4, 0.5) is 10.5 Å². The third-order valence-corrected chi connectivity index (χ3v) is 9.34. The molecule has 18 nitrogen and oxygen atoms in total. The van der Waals surface area contributed by atoms with Crippen LogP contribution < -0.4 is 20.7 Å². The fraction of sp³-hybridized carbons (Fsp3) is 0.404. The molecule has 0 aromatic heterocycles. The lowest BCUT2D eigenvalue weighted by atomic mass is 10.1. The third-order valence-electron chi connectivity index (χ3n) is 9.34. The Morgan fingerprint density at radius 1 is 0.815 bits per heavy atom. The number of unbranched alkanes of at least 4 members (excludes halogenated alkanes) is 11. The maximum atomic E-state index is 11.3. The summed E-state index contributed by atoms with van der Waals surface area (Å²) in [5.74, 6) is -4.40. The third kappa shape index (κ3) is 26.8. The minimum absolute atomic E-state index is 0.117. The first kappa shape index (κ1) is 55.8. The quantitative estimate of drug-likeness (QED) is 0.0192. The van der Waals surface area contributed by atoms with Gasteiger partial charge in [0.1, 0.15) is 29.3 Å². The molecule has 65 heavy (non-hydrogen) atoms. The summed E-state index contributed by atoms with van der Waals surface area (Å²) in [6.07, 6.45) is 20.7. The minimum atomic E-state index is -1.32. The van der Waals surface area contributed by atoms with Crippen molar-refractivity contribution in [3.63, 3.8) is 0 Å². The number of amides is 3. The zero-order valence-corrected chi connectivity index (χ0v) is 37.1. The van der Waals surface area contributed by atoms with Crippen LogP contribution in [0.1, 0.15) is 125 Å². The van der Waals surface area contributed by atoms with Crippen LogP contribution >= 0.6 is 0 Å². The van der Waals surface area contributed by atoms with Crippen molar-refractivity contribution in [2.24, 2.45) is 0 Å². The summed E-state index contributed by atoms with van der Waals surface area (Å²) in [4.78, 5) is 73.8. The van der Waals surface area contributed by atoms with E-state index in [2.05, 4.69) is 22.9 Å². The molecule has 4 rings (SSSR count). The van der Waals surface area contributed by atoms with Gasteiger partial charge in [0.25, 0.3) is 5.69 Å². The van der Waals surface area contributed by atoms with Crippen molar-refractivity contribution in [1.29, 1.82) is 0 Å². The van der Waals surface area contributed by atoms with Crippen LogP contribution in [0.5, 0.6) is 11.5 Å². The molecule has 1 fully saturated rings. The summed E-state index contributed by atoms with van der Waals surface area (Å²) in [6.45, 7) is 3.07. The number of urea groups is 1. The number of nitro benzene ring substituents is 1. The van der Waals surface area contributed by atoms with Gasteiger partial charge in [-0.05, 0) is 48.6 Å². The lowest BCUT2D eigenvalue weighted by molar-refractivity contribution is -0.384. The zero-order chi connectivity index (χ0) is 48.6. The highest BCUT2D eigenvalue weighted by Crippen LogP contribution is 2.40. The van der Waals surface area contributed by atoms with E-state index in [1.165, 1.54) is 132 Å². The van der Waals surface area contributed by atoms with Crippen LogP contribution in [-0.2, 0) is 19.2 Å². The van der Waals surface area contributed by atoms with Crippen LogP contribution in [0, 0.1) is 10.1 Å². The number of ether oxygens (including phenoxy) is 1. The van der Waals surface area contributed by atoms with Gasteiger partial charge in [-0.3, -0.25) is 19.7 Å². The number of rotatable bonds is 23. The van der Waals surface area contributed by atoms with Gasteiger partial charge >= 0.3 is 29.9 Å². The lowest BCUT2D eigenvalue weighted by Crippen LogP contribution is -2.39. The highest BCUT2D eigenvalue weighted by molar-refractivity contribution is 5.96. The van der Waals surface area contributed by atoms with Gasteiger partial charge in [0.2, 0.25) is 5.91 Å². The van der Waals surface area contributed by atoms with Crippen molar-refractivity contribution in [2.45, 2.75) is 109 Å². The average Bonchev–Trinajstić information content (AvgIpc) is 4.03. The summed E-state index contributed by atoms with van der Waals surface area (Å²) in [6, 6.07) is 19.1. The summed E-state index contributed by atoms with van der Waals surface area (Å²) < 4.78 is 4.78. The number of aliphatic carboxylic acids is 3. The van der Waals surface area contributed by atoms with Crippen LogP contribution in [0.2, 0.25) is 0 Å². The fourth-order valence-corrected chi connectivity index (χ4v) is 5.96. The Morgan fingerprint density at radius 2 is 1.43 bits per heavy atom. The van der Waals surface area contributed by atoms with Gasteiger partial charge in [0.15, 0.2) is 0 Å². The van der Waals surface area contributed by atoms with E-state index >= 15 is 0 Å². The second-order valence-corrected chi connectivity index (χ2v) is 14.7. The number of carboxylic acid groups (broad SMARTS) is 4. The largest absolute Gasteiger partial charge is 0.507 e. The number of aromatic carboxylic acids is 1. The van der Waals surface area contributed by atoms with Crippen molar-refractivity contribution in [3.05, 3.63) is 117 Å². The van der Waals surface area contributed by atoms with Crippen molar-refractivity contribution in [3.8, 4) is 11.5 Å². The first-order chi connectivity index (χ1) is 31.0. The van der Waals surface area contributed by atoms with Gasteiger partial charge in [-0.15, -0.1) is 0 Å². The number of nitrogens with one attached hydrogen (secondary N) is 3. The van der Waals surface area contributed by atoms with Crippen molar-refractivity contribution >= 4 is 47.6 Å². The standard InChI is InChI=1S/C16H30O2.C12H14N2O3.C11H10N2O5.C8H8O4/c1-2-3-4-5-6-7-8-9-10-11-12-13-14-15-16(17)18;15-11(16)7-13-12(17)14-10-6-9(10)8-4-2-1-3-5-8;1-7(14)12-10(11(15)16)6-8-3-2-4-9(5-8)13(17)18;1-12-5-2-3-6(8(10)11)7(9)4-5/h14-15H,2-13H2,1H3,(H,17,18);1-5,9-10H,6-7H2,(H,15,16)(H2,13,14,17);2-6H,1H3,(H,12,14)(H,15,16);2-4,9H,1H3,(H,10,11). The van der Waals surface area contributed by atoms with Gasteiger partial charge in [-0.1, -0.05) is 120 Å². The number of hydrogen-bond acceptors (Lipinski definition) is 10. The number of hydrogen-bond donors (Lipinski definition) is 8. The number of phenols is 1. The van der Waals surface area contributed by atoms with E-state index in [1.807, 2.05) is 30.3 Å². The molecule has 3 aromatic carbocycles. The maximum Gasteiger partial charge on any atom is 0.352 e. The number of nitrogens with zero attached hydrogens (tertiary/aromatic N) is 1. The molecule has 8 N–H and O–H groups in total. The van der Waals surface area contributed by atoms with E-state index in [0.29, 0.717) is 17.2 Å². The SMILES string of the molecule is CC(=O)NC(=Cc1cccc([N+](=O)[O-])c1)C(=O)O.CCCCCCCCCCCCCC=CC(=O)O.COc1ccc(C(=O)O)c(O)c1.O=C(O)CNC(=O)NC1CC1c1ccccc1. The first-order valence-corrected chi connectivity index (χ1v) is 21.3. The zero-order valence-electron chi connectivity index (χ0n) is 37.1. The van der Waals surface area contributed by atoms with E-state index in [0.717, 1.165) is 25.3 Å².